The molecule has 0 spiro atoms. The van der Waals surface area contributed by atoms with Crippen molar-refractivity contribution < 1.29 is 9.57 Å². The Morgan fingerprint density at radius 3 is 3.00 bits per heavy atom. The summed E-state index contributed by atoms with van der Waals surface area (Å²) in [6.07, 6.45) is 3.64. The monoisotopic (exact) mass is 140 g/mol. The lowest BCUT2D eigenvalue weighted by atomic mass is 10.3. The Balaban J connectivity index is 1.90. The zero-order valence-electron chi connectivity index (χ0n) is 5.43. The SMILES string of the molecule is c1cnn(OC2COC2)c1. The van der Waals surface area contributed by atoms with Crippen molar-refractivity contribution in [2.45, 2.75) is 6.10 Å². The van der Waals surface area contributed by atoms with E-state index in [0.717, 1.165) is 0 Å². The molecular weight excluding hydrogens is 132 g/mol. The van der Waals surface area contributed by atoms with Crippen LogP contribution in [0.15, 0.2) is 18.5 Å². The highest BCUT2D eigenvalue weighted by molar-refractivity contribution is 4.76. The average molecular weight is 140 g/mol. The summed E-state index contributed by atoms with van der Waals surface area (Å²) >= 11 is 0. The van der Waals surface area contributed by atoms with E-state index in [2.05, 4.69) is 5.10 Å². The van der Waals surface area contributed by atoms with Crippen molar-refractivity contribution in [3.8, 4) is 0 Å². The zero-order chi connectivity index (χ0) is 6.81. The standard InChI is InChI=1S/C6H8N2O2/c1-2-7-8(3-1)10-6-4-9-5-6/h1-3,6H,4-5H2. The molecule has 0 aliphatic carbocycles. The third-order valence-corrected chi connectivity index (χ3v) is 1.34. The van der Waals surface area contributed by atoms with Crippen LogP contribution in [-0.4, -0.2) is 29.3 Å². The van der Waals surface area contributed by atoms with Crippen LogP contribution < -0.4 is 4.84 Å². The first kappa shape index (κ1) is 5.73. The van der Waals surface area contributed by atoms with E-state index < -0.39 is 0 Å². The second kappa shape index (κ2) is 2.30. The van der Waals surface area contributed by atoms with Gasteiger partial charge in [0.1, 0.15) is 0 Å². The molecule has 0 saturated carbocycles. The molecule has 10 heavy (non-hydrogen) atoms. The minimum absolute atomic E-state index is 0.194. The molecular formula is C6H8N2O2. The largest absolute Gasteiger partial charge is 0.389 e. The van der Waals surface area contributed by atoms with Gasteiger partial charge in [0.05, 0.1) is 25.6 Å². The number of nitrogens with zero attached hydrogens (tertiary/aromatic N) is 2. The first-order valence-corrected chi connectivity index (χ1v) is 3.20. The summed E-state index contributed by atoms with van der Waals surface area (Å²) < 4.78 is 4.92. The quantitative estimate of drug-likeness (QED) is 0.566. The number of ether oxygens (including phenoxy) is 1. The highest BCUT2D eigenvalue weighted by Crippen LogP contribution is 2.01. The molecule has 0 aromatic carbocycles. The minimum Gasteiger partial charge on any atom is -0.389 e. The summed E-state index contributed by atoms with van der Waals surface area (Å²) in [5.74, 6) is 0. The number of hydrogen-bond donors (Lipinski definition) is 0. The molecule has 4 nitrogen and oxygen atoms in total. The maximum atomic E-state index is 5.27. The van der Waals surface area contributed by atoms with Crippen LogP contribution in [0, 0.1) is 0 Å². The van der Waals surface area contributed by atoms with E-state index in [9.17, 15) is 0 Å². The first-order chi connectivity index (χ1) is 4.95. The molecule has 2 heterocycles. The molecule has 1 aromatic rings. The molecule has 1 saturated heterocycles. The van der Waals surface area contributed by atoms with Gasteiger partial charge in [-0.25, -0.2) is 0 Å². The molecule has 1 fully saturated rings. The maximum Gasteiger partial charge on any atom is 0.173 e. The molecule has 0 atom stereocenters. The van der Waals surface area contributed by atoms with E-state index in [0.29, 0.717) is 13.2 Å². The summed E-state index contributed by atoms with van der Waals surface area (Å²) in [6, 6.07) is 1.82. The lowest BCUT2D eigenvalue weighted by Gasteiger charge is -2.25. The van der Waals surface area contributed by atoms with Crippen molar-refractivity contribution in [1.82, 2.24) is 9.94 Å². The van der Waals surface area contributed by atoms with Gasteiger partial charge in [-0.2, -0.15) is 0 Å². The third-order valence-electron chi connectivity index (χ3n) is 1.34. The second-order valence-corrected chi connectivity index (χ2v) is 2.17. The summed E-state index contributed by atoms with van der Waals surface area (Å²) in [4.78, 5) is 6.72. The Kier molecular flexibility index (Phi) is 1.32. The average Bonchev–Trinajstić information content (AvgIpc) is 2.29. The van der Waals surface area contributed by atoms with Crippen LogP contribution in [0.3, 0.4) is 0 Å². The Morgan fingerprint density at radius 2 is 2.50 bits per heavy atom. The summed E-state index contributed by atoms with van der Waals surface area (Å²) in [6.45, 7) is 1.36. The van der Waals surface area contributed by atoms with E-state index in [1.807, 2.05) is 6.07 Å². The van der Waals surface area contributed by atoms with Gasteiger partial charge in [0.2, 0.25) is 0 Å². The van der Waals surface area contributed by atoms with Gasteiger partial charge in [0.25, 0.3) is 0 Å². The summed E-state index contributed by atoms with van der Waals surface area (Å²) in [5, 5.41) is 3.88. The van der Waals surface area contributed by atoms with Gasteiger partial charge >= 0.3 is 0 Å². The topological polar surface area (TPSA) is 36.3 Å². The van der Waals surface area contributed by atoms with E-state index in [-0.39, 0.29) is 6.10 Å². The number of rotatable bonds is 2. The summed E-state index contributed by atoms with van der Waals surface area (Å²) in [5.41, 5.74) is 0. The van der Waals surface area contributed by atoms with Gasteiger partial charge in [-0.05, 0) is 6.07 Å². The normalized spacial score (nSPS) is 18.4. The minimum atomic E-state index is 0.194. The smallest absolute Gasteiger partial charge is 0.173 e. The Bertz CT molecular complexity index is 194. The fourth-order valence-electron chi connectivity index (χ4n) is 0.745. The van der Waals surface area contributed by atoms with Crippen LogP contribution in [0.4, 0.5) is 0 Å². The van der Waals surface area contributed by atoms with Crippen LogP contribution in [-0.2, 0) is 4.74 Å². The predicted molar refractivity (Wildman–Crippen MR) is 33.4 cm³/mol. The maximum absolute atomic E-state index is 5.27. The highest BCUT2D eigenvalue weighted by atomic mass is 16.7. The van der Waals surface area contributed by atoms with Crippen LogP contribution in [0.2, 0.25) is 0 Å². The van der Waals surface area contributed by atoms with Crippen molar-refractivity contribution in [3.63, 3.8) is 0 Å². The molecule has 0 unspecified atom stereocenters. The van der Waals surface area contributed by atoms with Crippen molar-refractivity contribution >= 4 is 0 Å². The molecule has 0 amide bonds. The van der Waals surface area contributed by atoms with Crippen LogP contribution >= 0.6 is 0 Å². The Labute approximate surface area is 58.3 Å². The van der Waals surface area contributed by atoms with Crippen LogP contribution in [0.5, 0.6) is 0 Å². The van der Waals surface area contributed by atoms with E-state index in [4.69, 9.17) is 9.57 Å². The van der Waals surface area contributed by atoms with Gasteiger partial charge in [-0.1, -0.05) is 0 Å². The zero-order valence-corrected chi connectivity index (χ0v) is 5.43. The van der Waals surface area contributed by atoms with Crippen molar-refractivity contribution in [1.29, 1.82) is 0 Å². The van der Waals surface area contributed by atoms with Crippen molar-refractivity contribution in [2.24, 2.45) is 0 Å². The molecule has 0 N–H and O–H groups in total. The lowest BCUT2D eigenvalue weighted by Crippen LogP contribution is -2.42. The van der Waals surface area contributed by atoms with Crippen LogP contribution in [0.25, 0.3) is 0 Å². The molecule has 1 aromatic heterocycles. The Hall–Kier alpha value is -1.03. The van der Waals surface area contributed by atoms with E-state index in [1.54, 1.807) is 12.4 Å². The second-order valence-electron chi connectivity index (χ2n) is 2.17. The molecule has 0 bridgehead atoms. The predicted octanol–water partition coefficient (Wildman–Crippen LogP) is -0.290. The molecule has 1 aliphatic heterocycles. The van der Waals surface area contributed by atoms with Gasteiger partial charge < -0.3 is 9.57 Å². The van der Waals surface area contributed by atoms with E-state index >= 15 is 0 Å². The third kappa shape index (κ3) is 0.974. The van der Waals surface area contributed by atoms with Crippen molar-refractivity contribution in [3.05, 3.63) is 18.5 Å². The van der Waals surface area contributed by atoms with E-state index in [1.165, 1.54) is 4.85 Å². The van der Waals surface area contributed by atoms with Crippen LogP contribution in [0.1, 0.15) is 0 Å². The number of hydrogen-bond acceptors (Lipinski definition) is 3. The fraction of sp³-hybridized carbons (Fsp3) is 0.500. The van der Waals surface area contributed by atoms with Gasteiger partial charge in [-0.15, -0.1) is 9.94 Å². The molecule has 54 valence electrons. The van der Waals surface area contributed by atoms with Gasteiger partial charge in [0, 0.05) is 0 Å². The molecule has 1 aliphatic rings. The summed E-state index contributed by atoms with van der Waals surface area (Å²) in [7, 11) is 0. The first-order valence-electron chi connectivity index (χ1n) is 3.20. The Morgan fingerprint density at radius 1 is 1.60 bits per heavy atom. The fourth-order valence-corrected chi connectivity index (χ4v) is 0.745. The molecule has 4 heteroatoms. The molecule has 0 radical (unpaired) electrons. The lowest BCUT2D eigenvalue weighted by molar-refractivity contribution is -0.139. The number of aromatic nitrogens is 2. The van der Waals surface area contributed by atoms with Gasteiger partial charge in [0.15, 0.2) is 6.10 Å². The van der Waals surface area contributed by atoms with Crippen molar-refractivity contribution in [2.75, 3.05) is 13.2 Å². The van der Waals surface area contributed by atoms with Gasteiger partial charge in [-0.3, -0.25) is 0 Å². The molecule has 2 rings (SSSR count). The highest BCUT2D eigenvalue weighted by Gasteiger charge is 2.20.